The minimum atomic E-state index is -0.165. The molecular formula is C13H22N2O4. The first-order valence-electron chi connectivity index (χ1n) is 6.35. The zero-order valence-corrected chi connectivity index (χ0v) is 11.8. The van der Waals surface area contributed by atoms with E-state index in [9.17, 15) is 5.11 Å². The fourth-order valence-corrected chi connectivity index (χ4v) is 1.39. The zero-order valence-electron chi connectivity index (χ0n) is 11.8. The Morgan fingerprint density at radius 1 is 1.21 bits per heavy atom. The van der Waals surface area contributed by atoms with Crippen LogP contribution in [0.15, 0.2) is 6.20 Å². The van der Waals surface area contributed by atoms with E-state index in [-0.39, 0.29) is 12.5 Å². The lowest BCUT2D eigenvalue weighted by molar-refractivity contribution is 0.0538. The number of methoxy groups -OCH3 is 1. The van der Waals surface area contributed by atoms with Crippen molar-refractivity contribution in [3.63, 3.8) is 0 Å². The van der Waals surface area contributed by atoms with Gasteiger partial charge in [0, 0.05) is 13.0 Å². The van der Waals surface area contributed by atoms with E-state index in [0.29, 0.717) is 43.7 Å². The molecule has 6 nitrogen and oxygen atoms in total. The van der Waals surface area contributed by atoms with E-state index in [2.05, 4.69) is 9.97 Å². The van der Waals surface area contributed by atoms with Crippen molar-refractivity contribution in [2.75, 3.05) is 33.5 Å². The van der Waals surface area contributed by atoms with Crippen LogP contribution in [0.25, 0.3) is 0 Å². The smallest absolute Gasteiger partial charge is 0.161 e. The lowest BCUT2D eigenvalue weighted by atomic mass is 10.2. The van der Waals surface area contributed by atoms with Crippen molar-refractivity contribution in [3.05, 3.63) is 17.7 Å². The first kappa shape index (κ1) is 15.8. The summed E-state index contributed by atoms with van der Waals surface area (Å²) in [7, 11) is 1.63. The highest BCUT2D eigenvalue weighted by atomic mass is 16.5. The van der Waals surface area contributed by atoms with Crippen LogP contribution in [0.2, 0.25) is 0 Å². The maximum absolute atomic E-state index is 9.28. The highest BCUT2D eigenvalue weighted by Crippen LogP contribution is 2.18. The van der Waals surface area contributed by atoms with Crippen LogP contribution < -0.4 is 4.74 Å². The van der Waals surface area contributed by atoms with Crippen molar-refractivity contribution in [3.8, 4) is 5.75 Å². The monoisotopic (exact) mass is 270 g/mol. The Morgan fingerprint density at radius 2 is 1.95 bits per heavy atom. The molecular weight excluding hydrogens is 248 g/mol. The molecule has 0 atom stereocenters. The number of nitrogens with zero attached hydrogens (tertiary/aromatic N) is 2. The topological polar surface area (TPSA) is 73.7 Å². The molecule has 0 aromatic carbocycles. The van der Waals surface area contributed by atoms with Gasteiger partial charge in [0.05, 0.1) is 32.6 Å². The van der Waals surface area contributed by atoms with Gasteiger partial charge in [0.25, 0.3) is 0 Å². The summed E-state index contributed by atoms with van der Waals surface area (Å²) in [6.07, 6.45) is 1.60. The van der Waals surface area contributed by atoms with Gasteiger partial charge >= 0.3 is 0 Å². The second-order valence-corrected chi connectivity index (χ2v) is 4.31. The predicted molar refractivity (Wildman–Crippen MR) is 70.2 cm³/mol. The lowest BCUT2D eigenvalue weighted by Gasteiger charge is -2.11. The third-order valence-corrected chi connectivity index (χ3v) is 2.43. The Kier molecular flexibility index (Phi) is 7.32. The molecule has 0 bridgehead atoms. The van der Waals surface area contributed by atoms with Crippen molar-refractivity contribution in [2.24, 2.45) is 0 Å². The van der Waals surface area contributed by atoms with Gasteiger partial charge in [-0.1, -0.05) is 13.8 Å². The van der Waals surface area contributed by atoms with Crippen LogP contribution in [-0.2, 0) is 16.1 Å². The van der Waals surface area contributed by atoms with E-state index in [4.69, 9.17) is 14.2 Å². The van der Waals surface area contributed by atoms with Crippen LogP contribution in [-0.4, -0.2) is 48.6 Å². The van der Waals surface area contributed by atoms with Gasteiger partial charge in [-0.05, 0) is 0 Å². The maximum atomic E-state index is 9.28. The van der Waals surface area contributed by atoms with Crippen molar-refractivity contribution in [1.82, 2.24) is 9.97 Å². The van der Waals surface area contributed by atoms with Gasteiger partial charge in [-0.2, -0.15) is 0 Å². The standard InChI is InChI=1S/C13H22N2O4/c1-10(2)13-14-8-12(11(9-16)15-13)19-7-6-18-5-4-17-3/h8,10,16H,4-7,9H2,1-3H3. The van der Waals surface area contributed by atoms with Crippen molar-refractivity contribution < 1.29 is 19.3 Å². The fraction of sp³-hybridized carbons (Fsp3) is 0.692. The predicted octanol–water partition coefficient (Wildman–Crippen LogP) is 1.13. The second-order valence-electron chi connectivity index (χ2n) is 4.31. The molecule has 0 radical (unpaired) electrons. The molecule has 0 aliphatic carbocycles. The molecule has 0 saturated heterocycles. The van der Waals surface area contributed by atoms with E-state index < -0.39 is 0 Å². The zero-order chi connectivity index (χ0) is 14.1. The second kappa shape index (κ2) is 8.79. The molecule has 1 rings (SSSR count). The molecule has 0 fully saturated rings. The number of ether oxygens (including phenoxy) is 3. The molecule has 1 N–H and O–H groups in total. The molecule has 1 heterocycles. The molecule has 0 spiro atoms. The van der Waals surface area contributed by atoms with E-state index in [0.717, 1.165) is 0 Å². The van der Waals surface area contributed by atoms with E-state index in [1.54, 1.807) is 13.3 Å². The fourth-order valence-electron chi connectivity index (χ4n) is 1.39. The van der Waals surface area contributed by atoms with Crippen LogP contribution in [0.3, 0.4) is 0 Å². The number of aromatic nitrogens is 2. The van der Waals surface area contributed by atoms with Gasteiger partial charge in [0.1, 0.15) is 18.1 Å². The van der Waals surface area contributed by atoms with Gasteiger partial charge in [-0.15, -0.1) is 0 Å². The maximum Gasteiger partial charge on any atom is 0.161 e. The molecule has 1 aromatic rings. The summed E-state index contributed by atoms with van der Waals surface area (Å²) in [5.41, 5.74) is 0.510. The largest absolute Gasteiger partial charge is 0.488 e. The Hall–Kier alpha value is -1.24. The van der Waals surface area contributed by atoms with Gasteiger partial charge in [-0.3, -0.25) is 0 Å². The molecule has 0 amide bonds. The van der Waals surface area contributed by atoms with Crippen LogP contribution in [0, 0.1) is 0 Å². The van der Waals surface area contributed by atoms with Crippen LogP contribution in [0.4, 0.5) is 0 Å². The summed E-state index contributed by atoms with van der Waals surface area (Å²) in [4.78, 5) is 8.48. The first-order chi connectivity index (χ1) is 9.19. The third kappa shape index (κ3) is 5.50. The van der Waals surface area contributed by atoms with Crippen molar-refractivity contribution in [1.29, 1.82) is 0 Å². The molecule has 1 aromatic heterocycles. The Bertz CT molecular complexity index is 372. The number of aliphatic hydroxyl groups is 1. The van der Waals surface area contributed by atoms with Crippen LogP contribution in [0.5, 0.6) is 5.75 Å². The highest BCUT2D eigenvalue weighted by Gasteiger charge is 2.09. The summed E-state index contributed by atoms with van der Waals surface area (Å²) in [5.74, 6) is 1.42. The molecule has 108 valence electrons. The van der Waals surface area contributed by atoms with Gasteiger partial charge in [-0.25, -0.2) is 9.97 Å². The van der Waals surface area contributed by atoms with E-state index in [1.165, 1.54) is 0 Å². The van der Waals surface area contributed by atoms with Crippen LogP contribution >= 0.6 is 0 Å². The number of hydrogen-bond donors (Lipinski definition) is 1. The highest BCUT2D eigenvalue weighted by molar-refractivity contribution is 5.24. The first-order valence-corrected chi connectivity index (χ1v) is 6.35. The Balaban J connectivity index is 2.44. The number of rotatable bonds is 9. The molecule has 6 heteroatoms. The molecule has 0 saturated carbocycles. The Labute approximate surface area is 113 Å². The quantitative estimate of drug-likeness (QED) is 0.678. The van der Waals surface area contributed by atoms with Crippen molar-refractivity contribution >= 4 is 0 Å². The molecule has 19 heavy (non-hydrogen) atoms. The van der Waals surface area contributed by atoms with Gasteiger partial charge in [0.15, 0.2) is 5.75 Å². The number of hydrogen-bond acceptors (Lipinski definition) is 6. The van der Waals surface area contributed by atoms with Gasteiger partial charge in [0.2, 0.25) is 0 Å². The summed E-state index contributed by atoms with van der Waals surface area (Å²) >= 11 is 0. The van der Waals surface area contributed by atoms with E-state index >= 15 is 0 Å². The number of aliphatic hydroxyl groups excluding tert-OH is 1. The van der Waals surface area contributed by atoms with Crippen LogP contribution in [0.1, 0.15) is 31.3 Å². The van der Waals surface area contributed by atoms with Gasteiger partial charge < -0.3 is 19.3 Å². The minimum absolute atomic E-state index is 0.165. The summed E-state index contributed by atoms with van der Waals surface area (Å²) in [5, 5.41) is 9.28. The SMILES string of the molecule is COCCOCCOc1cnc(C(C)C)nc1CO. The van der Waals surface area contributed by atoms with Crippen molar-refractivity contribution in [2.45, 2.75) is 26.4 Å². The molecule has 0 aliphatic rings. The normalized spacial score (nSPS) is 11.0. The van der Waals surface area contributed by atoms with E-state index in [1.807, 2.05) is 13.8 Å². The summed E-state index contributed by atoms with van der Waals surface area (Å²) < 4.78 is 15.6. The average Bonchev–Trinajstić information content (AvgIpc) is 2.42. The minimum Gasteiger partial charge on any atom is -0.488 e. The summed E-state index contributed by atoms with van der Waals surface area (Å²) in [6, 6.07) is 0. The molecule has 0 aliphatic heterocycles. The summed E-state index contributed by atoms with van der Waals surface area (Å²) in [6.45, 7) is 5.79. The Morgan fingerprint density at radius 3 is 2.58 bits per heavy atom. The average molecular weight is 270 g/mol. The third-order valence-electron chi connectivity index (χ3n) is 2.43. The molecule has 0 unspecified atom stereocenters. The lowest BCUT2D eigenvalue weighted by Crippen LogP contribution is -2.12.